The standard InChI is InChI=1S/C20H19N3O4S/c1-3-27-20(24)19-21-12-17-18(22-19)15-6-4-5-7-16(15)23(17)28(25,26)14-10-8-13(2)9-11-14/h4-11H,3,12H2,1-2H3,(H,21,22). The minimum atomic E-state index is -3.84. The Hall–Kier alpha value is -3.13. The van der Waals surface area contributed by atoms with E-state index < -0.39 is 16.0 Å². The van der Waals surface area contributed by atoms with Crippen LogP contribution in [0.1, 0.15) is 18.2 Å². The van der Waals surface area contributed by atoms with E-state index in [4.69, 9.17) is 4.74 Å². The Balaban J connectivity index is 1.90. The summed E-state index contributed by atoms with van der Waals surface area (Å²) in [4.78, 5) is 16.5. The maximum Gasteiger partial charge on any atom is 0.373 e. The Kier molecular flexibility index (Phi) is 4.43. The van der Waals surface area contributed by atoms with E-state index in [0.717, 1.165) is 5.56 Å². The first-order chi connectivity index (χ1) is 13.4. The summed E-state index contributed by atoms with van der Waals surface area (Å²) in [5.74, 6) is -0.489. The van der Waals surface area contributed by atoms with Crippen molar-refractivity contribution in [2.45, 2.75) is 25.3 Å². The van der Waals surface area contributed by atoms with Gasteiger partial charge in [0.2, 0.25) is 5.84 Å². The molecule has 8 heteroatoms. The van der Waals surface area contributed by atoms with E-state index in [1.807, 2.05) is 19.1 Å². The molecule has 0 bridgehead atoms. The molecule has 1 aliphatic rings. The van der Waals surface area contributed by atoms with Crippen LogP contribution in [0, 0.1) is 6.92 Å². The van der Waals surface area contributed by atoms with Gasteiger partial charge in [-0.05, 0) is 32.0 Å². The van der Waals surface area contributed by atoms with Gasteiger partial charge < -0.3 is 10.1 Å². The van der Waals surface area contributed by atoms with Crippen LogP contribution in [0.15, 0.2) is 58.4 Å². The summed E-state index contributed by atoms with van der Waals surface area (Å²) in [6.07, 6.45) is 0. The van der Waals surface area contributed by atoms with Gasteiger partial charge in [-0.15, -0.1) is 0 Å². The second kappa shape index (κ2) is 6.79. The molecule has 0 saturated heterocycles. The van der Waals surface area contributed by atoms with Crippen LogP contribution < -0.4 is 5.32 Å². The normalized spacial score (nSPS) is 13.6. The van der Waals surface area contributed by atoms with Crippen LogP contribution in [0.25, 0.3) is 10.9 Å². The number of carbonyl (C=O) groups is 1. The number of aromatic nitrogens is 1. The highest BCUT2D eigenvalue weighted by atomic mass is 32.2. The molecule has 7 nitrogen and oxygen atoms in total. The molecule has 2 aromatic carbocycles. The van der Waals surface area contributed by atoms with Crippen LogP contribution in [0.3, 0.4) is 0 Å². The van der Waals surface area contributed by atoms with Crippen molar-refractivity contribution in [2.24, 2.45) is 4.99 Å². The minimum Gasteiger partial charge on any atom is -0.460 e. The second-order valence-corrected chi connectivity index (χ2v) is 8.22. The van der Waals surface area contributed by atoms with Crippen LogP contribution in [0.4, 0.5) is 5.69 Å². The molecule has 0 unspecified atom stereocenters. The maximum absolute atomic E-state index is 13.4. The summed E-state index contributed by atoms with van der Waals surface area (Å²) >= 11 is 0. The highest BCUT2D eigenvalue weighted by Gasteiger charge is 2.30. The number of rotatable bonds is 4. The van der Waals surface area contributed by atoms with Crippen LogP contribution in [-0.2, 0) is 26.1 Å². The topological polar surface area (TPSA) is 89.8 Å². The lowest BCUT2D eigenvalue weighted by molar-refractivity contribution is -0.135. The number of nitrogens with one attached hydrogen (secondary N) is 1. The van der Waals surface area contributed by atoms with Crippen LogP contribution in [0.2, 0.25) is 0 Å². The lowest BCUT2D eigenvalue weighted by atomic mass is 10.2. The summed E-state index contributed by atoms with van der Waals surface area (Å²) in [7, 11) is -3.84. The van der Waals surface area contributed by atoms with Crippen molar-refractivity contribution in [3.63, 3.8) is 0 Å². The molecule has 4 rings (SSSR count). The molecule has 0 atom stereocenters. The first kappa shape index (κ1) is 18.2. The molecular formula is C20H19N3O4S. The summed E-state index contributed by atoms with van der Waals surface area (Å²) in [5.41, 5.74) is 2.55. The van der Waals surface area contributed by atoms with Crippen molar-refractivity contribution in [3.05, 3.63) is 59.8 Å². The van der Waals surface area contributed by atoms with Gasteiger partial charge in [0.25, 0.3) is 10.0 Å². The number of anilines is 1. The number of benzene rings is 2. The number of hydrogen-bond donors (Lipinski definition) is 1. The molecule has 0 fully saturated rings. The predicted octanol–water partition coefficient (Wildman–Crippen LogP) is 3.07. The zero-order valence-electron chi connectivity index (χ0n) is 15.5. The number of aryl methyl sites for hydroxylation is 1. The third-order valence-electron chi connectivity index (χ3n) is 4.58. The predicted molar refractivity (Wildman–Crippen MR) is 107 cm³/mol. The zero-order valence-corrected chi connectivity index (χ0v) is 16.3. The van der Waals surface area contributed by atoms with E-state index in [-0.39, 0.29) is 23.9 Å². The number of esters is 1. The summed E-state index contributed by atoms with van der Waals surface area (Å²) < 4.78 is 33.1. The molecule has 0 aliphatic carbocycles. The van der Waals surface area contributed by atoms with E-state index in [1.54, 1.807) is 43.3 Å². The molecule has 2 heterocycles. The van der Waals surface area contributed by atoms with Crippen molar-refractivity contribution < 1.29 is 17.9 Å². The Morgan fingerprint density at radius 3 is 2.61 bits per heavy atom. The number of aliphatic imine (C=N–C) groups is 1. The Bertz CT molecular complexity index is 1210. The maximum atomic E-state index is 13.4. The van der Waals surface area contributed by atoms with Gasteiger partial charge in [-0.1, -0.05) is 35.9 Å². The van der Waals surface area contributed by atoms with Gasteiger partial charge in [0.15, 0.2) is 0 Å². The molecule has 0 saturated carbocycles. The fourth-order valence-electron chi connectivity index (χ4n) is 3.26. The van der Waals surface area contributed by atoms with Crippen molar-refractivity contribution in [2.75, 3.05) is 11.9 Å². The molecule has 28 heavy (non-hydrogen) atoms. The molecule has 0 spiro atoms. The number of ether oxygens (including phenoxy) is 1. The Labute approximate surface area is 162 Å². The number of para-hydroxylation sites is 1. The average Bonchev–Trinajstić information content (AvgIpc) is 3.03. The number of fused-ring (bicyclic) bond motifs is 3. The third-order valence-corrected chi connectivity index (χ3v) is 6.35. The quantitative estimate of drug-likeness (QED) is 0.684. The monoisotopic (exact) mass is 397 g/mol. The average molecular weight is 397 g/mol. The fraction of sp³-hybridized carbons (Fsp3) is 0.200. The van der Waals surface area contributed by atoms with Crippen LogP contribution in [-0.4, -0.2) is 30.8 Å². The first-order valence-electron chi connectivity index (χ1n) is 8.86. The Morgan fingerprint density at radius 1 is 1.18 bits per heavy atom. The first-order valence-corrected chi connectivity index (χ1v) is 10.3. The van der Waals surface area contributed by atoms with Crippen molar-refractivity contribution >= 4 is 38.4 Å². The molecule has 144 valence electrons. The van der Waals surface area contributed by atoms with Crippen molar-refractivity contribution in [1.29, 1.82) is 0 Å². The summed E-state index contributed by atoms with van der Waals surface area (Å²) in [6, 6.07) is 13.9. The smallest absolute Gasteiger partial charge is 0.373 e. The van der Waals surface area contributed by atoms with Gasteiger partial charge >= 0.3 is 5.97 Å². The van der Waals surface area contributed by atoms with Crippen LogP contribution in [0.5, 0.6) is 0 Å². The third kappa shape index (κ3) is 2.86. The molecule has 3 aromatic rings. The summed E-state index contributed by atoms with van der Waals surface area (Å²) in [6.45, 7) is 3.90. The highest BCUT2D eigenvalue weighted by molar-refractivity contribution is 7.90. The fourth-order valence-corrected chi connectivity index (χ4v) is 4.81. The Morgan fingerprint density at radius 2 is 1.89 bits per heavy atom. The number of nitrogens with zero attached hydrogens (tertiary/aromatic N) is 2. The van der Waals surface area contributed by atoms with Gasteiger partial charge in [-0.3, -0.25) is 4.99 Å². The van der Waals surface area contributed by atoms with Gasteiger partial charge in [0.05, 0.1) is 34.9 Å². The number of hydrogen-bond acceptors (Lipinski definition) is 6. The van der Waals surface area contributed by atoms with Gasteiger partial charge in [-0.25, -0.2) is 17.2 Å². The van der Waals surface area contributed by atoms with E-state index >= 15 is 0 Å². The molecule has 0 radical (unpaired) electrons. The van der Waals surface area contributed by atoms with Crippen molar-refractivity contribution in [3.8, 4) is 0 Å². The van der Waals surface area contributed by atoms with Gasteiger partial charge in [0, 0.05) is 5.39 Å². The lowest BCUT2D eigenvalue weighted by Crippen LogP contribution is -2.29. The van der Waals surface area contributed by atoms with Gasteiger partial charge in [0.1, 0.15) is 0 Å². The van der Waals surface area contributed by atoms with Crippen LogP contribution >= 0.6 is 0 Å². The molecule has 1 aromatic heterocycles. The summed E-state index contributed by atoms with van der Waals surface area (Å²) in [5, 5.41) is 3.67. The molecular weight excluding hydrogens is 378 g/mol. The van der Waals surface area contributed by atoms with E-state index in [0.29, 0.717) is 22.3 Å². The van der Waals surface area contributed by atoms with E-state index in [9.17, 15) is 13.2 Å². The largest absolute Gasteiger partial charge is 0.460 e. The number of carbonyl (C=O) groups excluding carboxylic acids is 1. The van der Waals surface area contributed by atoms with E-state index in [1.165, 1.54) is 3.97 Å². The second-order valence-electron chi connectivity index (χ2n) is 6.43. The molecule has 0 amide bonds. The highest BCUT2D eigenvalue weighted by Crippen LogP contribution is 2.36. The SMILES string of the molecule is CCOC(=O)C1=NCc2c(c3ccccc3n2S(=O)(=O)c2ccc(C)cc2)N1. The zero-order chi connectivity index (χ0) is 19.9. The molecule has 1 N–H and O–H groups in total. The molecule has 1 aliphatic heterocycles. The van der Waals surface area contributed by atoms with Crippen molar-refractivity contribution in [1.82, 2.24) is 3.97 Å². The minimum absolute atomic E-state index is 0.0518. The van der Waals surface area contributed by atoms with E-state index in [2.05, 4.69) is 10.3 Å². The number of amidine groups is 1. The van der Waals surface area contributed by atoms with Gasteiger partial charge in [-0.2, -0.15) is 0 Å². The lowest BCUT2D eigenvalue weighted by Gasteiger charge is -2.17.